The van der Waals surface area contributed by atoms with Gasteiger partial charge in [0.1, 0.15) is 0 Å². The lowest BCUT2D eigenvalue weighted by atomic mass is 10.1. The highest BCUT2D eigenvalue weighted by Crippen LogP contribution is 2.39. The molecule has 0 heterocycles. The van der Waals surface area contributed by atoms with Crippen LogP contribution in [0.2, 0.25) is 0 Å². The smallest absolute Gasteiger partial charge is 0.0889 e. The minimum absolute atomic E-state index is 0.171. The minimum Gasteiger partial charge on any atom is -0.197 e. The van der Waals surface area contributed by atoms with Crippen molar-refractivity contribution in [3.63, 3.8) is 0 Å². The van der Waals surface area contributed by atoms with Crippen LogP contribution in [0.3, 0.4) is 0 Å². The summed E-state index contributed by atoms with van der Waals surface area (Å²) < 4.78 is 0. The topological polar surface area (TPSA) is 23.8 Å². The molecule has 2 rings (SSSR count). The number of nitriles is 1. The summed E-state index contributed by atoms with van der Waals surface area (Å²) in [7, 11) is 0. The van der Waals surface area contributed by atoms with E-state index in [2.05, 4.69) is 18.2 Å². The predicted octanol–water partition coefficient (Wildman–Crippen LogP) is 1.79. The molecular formula is C8H7N. The van der Waals surface area contributed by atoms with Gasteiger partial charge < -0.3 is 0 Å². The van der Waals surface area contributed by atoms with E-state index in [9.17, 15) is 0 Å². The Labute approximate surface area is 54.3 Å². The van der Waals surface area contributed by atoms with Gasteiger partial charge in [0.05, 0.1) is 12.0 Å². The SMILES string of the molecule is N#CC1C2=CC=C1CC2. The van der Waals surface area contributed by atoms with E-state index >= 15 is 0 Å². The standard InChI is InChI=1S/C8H7N/c9-5-8-6-1-2-7(8)4-3-6/h1-2,8H,3-4H2. The molecule has 0 N–H and O–H groups in total. The quantitative estimate of drug-likeness (QED) is 0.474. The first-order chi connectivity index (χ1) is 4.42. The molecule has 0 unspecified atom stereocenters. The lowest BCUT2D eigenvalue weighted by Crippen LogP contribution is -1.88. The van der Waals surface area contributed by atoms with Gasteiger partial charge in [0, 0.05) is 0 Å². The van der Waals surface area contributed by atoms with Gasteiger partial charge in [-0.1, -0.05) is 12.2 Å². The molecule has 1 saturated carbocycles. The predicted molar refractivity (Wildman–Crippen MR) is 34.5 cm³/mol. The molecule has 0 aromatic heterocycles. The molecule has 9 heavy (non-hydrogen) atoms. The van der Waals surface area contributed by atoms with Crippen molar-refractivity contribution in [3.8, 4) is 6.07 Å². The van der Waals surface area contributed by atoms with Crippen LogP contribution in [-0.2, 0) is 0 Å². The van der Waals surface area contributed by atoms with Gasteiger partial charge in [-0.05, 0) is 24.0 Å². The van der Waals surface area contributed by atoms with E-state index in [1.165, 1.54) is 11.1 Å². The maximum Gasteiger partial charge on any atom is 0.0889 e. The number of nitrogens with zero attached hydrogens (tertiary/aromatic N) is 1. The Morgan fingerprint density at radius 2 is 1.89 bits per heavy atom. The highest BCUT2D eigenvalue weighted by molar-refractivity contribution is 5.44. The molecule has 0 radical (unpaired) electrons. The van der Waals surface area contributed by atoms with Gasteiger partial charge in [0.2, 0.25) is 0 Å². The van der Waals surface area contributed by atoms with Crippen LogP contribution in [0.5, 0.6) is 0 Å². The summed E-state index contributed by atoms with van der Waals surface area (Å²) in [4.78, 5) is 0. The molecule has 0 aliphatic heterocycles. The van der Waals surface area contributed by atoms with Crippen molar-refractivity contribution in [1.82, 2.24) is 0 Å². The second kappa shape index (κ2) is 1.48. The lowest BCUT2D eigenvalue weighted by Gasteiger charge is -1.93. The molecule has 0 atom stereocenters. The maximum absolute atomic E-state index is 8.62. The molecular weight excluding hydrogens is 110 g/mol. The second-order valence-electron chi connectivity index (χ2n) is 2.55. The van der Waals surface area contributed by atoms with Crippen molar-refractivity contribution in [2.24, 2.45) is 5.92 Å². The molecule has 1 nitrogen and oxygen atoms in total. The van der Waals surface area contributed by atoms with Crippen molar-refractivity contribution >= 4 is 0 Å². The highest BCUT2D eigenvalue weighted by atomic mass is 14.4. The number of fused-ring (bicyclic) bond motifs is 2. The Balaban J connectivity index is 2.42. The van der Waals surface area contributed by atoms with E-state index in [4.69, 9.17) is 5.26 Å². The van der Waals surface area contributed by atoms with Crippen LogP contribution in [0.1, 0.15) is 12.8 Å². The first-order valence-electron chi connectivity index (χ1n) is 3.21. The van der Waals surface area contributed by atoms with Crippen LogP contribution in [0.25, 0.3) is 0 Å². The highest BCUT2D eigenvalue weighted by Gasteiger charge is 2.28. The van der Waals surface area contributed by atoms with Crippen molar-refractivity contribution in [3.05, 3.63) is 23.3 Å². The third-order valence-electron chi connectivity index (χ3n) is 2.08. The summed E-state index contributed by atoms with van der Waals surface area (Å²) in [6.45, 7) is 0. The van der Waals surface area contributed by atoms with Crippen LogP contribution in [-0.4, -0.2) is 0 Å². The molecule has 44 valence electrons. The van der Waals surface area contributed by atoms with Gasteiger partial charge >= 0.3 is 0 Å². The van der Waals surface area contributed by atoms with Crippen molar-refractivity contribution < 1.29 is 0 Å². The Morgan fingerprint density at radius 1 is 1.33 bits per heavy atom. The molecule has 2 aliphatic carbocycles. The van der Waals surface area contributed by atoms with Crippen molar-refractivity contribution in [2.45, 2.75) is 12.8 Å². The van der Waals surface area contributed by atoms with Crippen LogP contribution >= 0.6 is 0 Å². The summed E-state index contributed by atoms with van der Waals surface area (Å²) in [5.41, 5.74) is 2.65. The third kappa shape index (κ3) is 0.478. The van der Waals surface area contributed by atoms with Gasteiger partial charge in [0.15, 0.2) is 0 Å². The van der Waals surface area contributed by atoms with Crippen LogP contribution < -0.4 is 0 Å². The van der Waals surface area contributed by atoms with Crippen LogP contribution in [0.4, 0.5) is 0 Å². The molecule has 2 bridgehead atoms. The first kappa shape index (κ1) is 4.81. The summed E-state index contributed by atoms with van der Waals surface area (Å²) in [5, 5.41) is 8.62. The van der Waals surface area contributed by atoms with Gasteiger partial charge in [-0.3, -0.25) is 0 Å². The van der Waals surface area contributed by atoms with E-state index in [1.807, 2.05) is 0 Å². The third-order valence-corrected chi connectivity index (χ3v) is 2.08. The van der Waals surface area contributed by atoms with E-state index in [0.29, 0.717) is 0 Å². The largest absolute Gasteiger partial charge is 0.197 e. The maximum atomic E-state index is 8.62. The van der Waals surface area contributed by atoms with Crippen molar-refractivity contribution in [2.75, 3.05) is 0 Å². The zero-order valence-electron chi connectivity index (χ0n) is 5.09. The summed E-state index contributed by atoms with van der Waals surface area (Å²) in [6.07, 6.45) is 6.44. The molecule has 0 aromatic rings. The fourth-order valence-corrected chi connectivity index (χ4v) is 1.55. The fraction of sp³-hybridized carbons (Fsp3) is 0.375. The summed E-state index contributed by atoms with van der Waals surface area (Å²) in [5.74, 6) is 0.171. The molecule has 1 fully saturated rings. The average Bonchev–Trinajstić information content (AvgIpc) is 2.44. The van der Waals surface area contributed by atoms with Crippen molar-refractivity contribution in [1.29, 1.82) is 5.26 Å². The van der Waals surface area contributed by atoms with E-state index in [1.54, 1.807) is 0 Å². The summed E-state index contributed by atoms with van der Waals surface area (Å²) in [6, 6.07) is 2.29. The zero-order valence-corrected chi connectivity index (χ0v) is 5.09. The monoisotopic (exact) mass is 117 g/mol. The number of hydrogen-bond acceptors (Lipinski definition) is 1. The zero-order chi connectivity index (χ0) is 6.27. The Morgan fingerprint density at radius 3 is 2.11 bits per heavy atom. The number of hydrogen-bond donors (Lipinski definition) is 0. The molecule has 0 spiro atoms. The van der Waals surface area contributed by atoms with Gasteiger partial charge in [-0.2, -0.15) is 5.26 Å². The normalized spacial score (nSPS) is 23.4. The Hall–Kier alpha value is -1.03. The molecule has 0 amide bonds. The Kier molecular flexibility index (Phi) is 0.790. The molecule has 1 heteroatoms. The average molecular weight is 117 g/mol. The molecule has 0 aromatic carbocycles. The number of rotatable bonds is 0. The van der Waals surface area contributed by atoms with Gasteiger partial charge in [-0.15, -0.1) is 0 Å². The summed E-state index contributed by atoms with van der Waals surface area (Å²) >= 11 is 0. The Bertz CT molecular complexity index is 220. The fourth-order valence-electron chi connectivity index (χ4n) is 1.55. The second-order valence-corrected chi connectivity index (χ2v) is 2.55. The first-order valence-corrected chi connectivity index (χ1v) is 3.21. The van der Waals surface area contributed by atoms with Gasteiger partial charge in [-0.25, -0.2) is 0 Å². The van der Waals surface area contributed by atoms with Gasteiger partial charge in [0.25, 0.3) is 0 Å². The van der Waals surface area contributed by atoms with E-state index in [-0.39, 0.29) is 5.92 Å². The van der Waals surface area contributed by atoms with E-state index < -0.39 is 0 Å². The molecule has 0 saturated heterocycles. The minimum atomic E-state index is 0.171. The van der Waals surface area contributed by atoms with Crippen LogP contribution in [0, 0.1) is 17.2 Å². The molecule has 2 aliphatic rings. The van der Waals surface area contributed by atoms with E-state index in [0.717, 1.165) is 12.8 Å². The van der Waals surface area contributed by atoms with Crippen LogP contribution in [0.15, 0.2) is 23.3 Å². The lowest BCUT2D eigenvalue weighted by molar-refractivity contribution is 1.00. The number of allylic oxidation sites excluding steroid dienone is 4.